The first-order chi connectivity index (χ1) is 18.2. The fourth-order valence-electron chi connectivity index (χ4n) is 6.23. The Labute approximate surface area is 227 Å². The van der Waals surface area contributed by atoms with Crippen molar-refractivity contribution in [1.29, 1.82) is 0 Å². The topological polar surface area (TPSA) is 107 Å². The number of hydrogen-bond acceptors (Lipinski definition) is 6. The molecule has 7 nitrogen and oxygen atoms in total. The van der Waals surface area contributed by atoms with Crippen LogP contribution in [-0.2, 0) is 14.3 Å². The molecule has 3 aliphatic rings. The third-order valence-corrected chi connectivity index (χ3v) is 8.43. The van der Waals surface area contributed by atoms with Gasteiger partial charge in [0.05, 0.1) is 35.3 Å². The summed E-state index contributed by atoms with van der Waals surface area (Å²) in [5.74, 6) is -1.43. The summed E-state index contributed by atoms with van der Waals surface area (Å²) in [4.78, 5) is 28.2. The third kappa shape index (κ3) is 4.82. The van der Waals surface area contributed by atoms with Gasteiger partial charge in [-0.2, -0.15) is 0 Å². The lowest BCUT2D eigenvalue weighted by Crippen LogP contribution is -2.35. The lowest BCUT2D eigenvalue weighted by Gasteiger charge is -2.30. The molecule has 38 heavy (non-hydrogen) atoms. The molecule has 5 rings (SSSR count). The SMILES string of the molecule is CC/C(=C\c1ccc(O)cc1Cl)CC[C@H]1OC[C@H]2C1=C(C)C[C@H]1C(=O)N(c3cccc(B(O)O)c3)C(=O)[C@H]12. The van der Waals surface area contributed by atoms with Crippen LogP contribution >= 0.6 is 11.6 Å². The Hall–Kier alpha value is -2.91. The summed E-state index contributed by atoms with van der Waals surface area (Å²) < 4.78 is 6.25. The number of amides is 2. The van der Waals surface area contributed by atoms with Crippen LogP contribution in [0, 0.1) is 17.8 Å². The van der Waals surface area contributed by atoms with Gasteiger partial charge in [-0.25, -0.2) is 0 Å². The van der Waals surface area contributed by atoms with Gasteiger partial charge in [-0.15, -0.1) is 0 Å². The molecule has 0 saturated carbocycles. The molecule has 0 spiro atoms. The number of carbonyl (C=O) groups is 2. The van der Waals surface area contributed by atoms with E-state index in [0.29, 0.717) is 23.7 Å². The molecule has 0 aromatic heterocycles. The second-order valence-electron chi connectivity index (χ2n) is 10.4. The Morgan fingerprint density at radius 1 is 1.16 bits per heavy atom. The van der Waals surface area contributed by atoms with Gasteiger partial charge < -0.3 is 19.9 Å². The summed E-state index contributed by atoms with van der Waals surface area (Å²) in [6.45, 7) is 4.53. The molecular weight excluding hydrogens is 505 g/mol. The number of halogens is 1. The molecule has 198 valence electrons. The van der Waals surface area contributed by atoms with Crippen LogP contribution in [0.2, 0.25) is 5.02 Å². The van der Waals surface area contributed by atoms with Crippen molar-refractivity contribution < 1.29 is 29.5 Å². The number of nitrogens with zero attached hydrogens (tertiary/aromatic N) is 1. The fraction of sp³-hybridized carbons (Fsp3) is 0.379. The van der Waals surface area contributed by atoms with Gasteiger partial charge in [-0.05, 0) is 79.5 Å². The van der Waals surface area contributed by atoms with Crippen molar-refractivity contribution in [1.82, 2.24) is 0 Å². The average Bonchev–Trinajstić information content (AvgIpc) is 3.42. The van der Waals surface area contributed by atoms with Crippen LogP contribution < -0.4 is 10.4 Å². The van der Waals surface area contributed by atoms with Crippen LogP contribution in [0.5, 0.6) is 5.75 Å². The minimum Gasteiger partial charge on any atom is -0.508 e. The van der Waals surface area contributed by atoms with Crippen molar-refractivity contribution in [2.45, 2.75) is 45.6 Å². The minimum absolute atomic E-state index is 0.115. The number of imide groups is 1. The van der Waals surface area contributed by atoms with Crippen molar-refractivity contribution in [3.63, 3.8) is 0 Å². The number of hydrogen-bond donors (Lipinski definition) is 3. The fourth-order valence-corrected chi connectivity index (χ4v) is 6.46. The Bertz CT molecular complexity index is 1340. The summed E-state index contributed by atoms with van der Waals surface area (Å²) in [5.41, 5.74) is 4.92. The highest BCUT2D eigenvalue weighted by Gasteiger charge is 2.56. The van der Waals surface area contributed by atoms with E-state index in [1.165, 1.54) is 22.6 Å². The normalized spacial score (nSPS) is 25.2. The Morgan fingerprint density at radius 3 is 2.66 bits per heavy atom. The molecule has 2 saturated heterocycles. The highest BCUT2D eigenvalue weighted by atomic mass is 35.5. The first-order valence-corrected chi connectivity index (χ1v) is 13.4. The summed E-state index contributed by atoms with van der Waals surface area (Å²) in [5, 5.41) is 29.2. The Kier molecular flexibility index (Phi) is 7.51. The molecule has 0 bridgehead atoms. The van der Waals surface area contributed by atoms with E-state index >= 15 is 0 Å². The van der Waals surface area contributed by atoms with Crippen molar-refractivity contribution in [2.75, 3.05) is 11.5 Å². The van der Waals surface area contributed by atoms with E-state index in [9.17, 15) is 24.7 Å². The summed E-state index contributed by atoms with van der Waals surface area (Å²) in [6, 6.07) is 11.2. The molecule has 2 heterocycles. The molecular formula is C29H31BClNO6. The number of rotatable bonds is 7. The molecule has 3 N–H and O–H groups in total. The molecule has 0 radical (unpaired) electrons. The molecule has 1 aliphatic carbocycles. The van der Waals surface area contributed by atoms with Crippen LogP contribution in [0.25, 0.3) is 6.08 Å². The quantitative estimate of drug-likeness (QED) is 0.283. The highest BCUT2D eigenvalue weighted by Crippen LogP contribution is 2.50. The monoisotopic (exact) mass is 535 g/mol. The summed E-state index contributed by atoms with van der Waals surface area (Å²) >= 11 is 6.30. The van der Waals surface area contributed by atoms with Crippen LogP contribution in [0.1, 0.15) is 45.1 Å². The Morgan fingerprint density at radius 2 is 1.95 bits per heavy atom. The second kappa shape index (κ2) is 10.7. The number of allylic oxidation sites excluding steroid dienone is 2. The molecule has 2 aliphatic heterocycles. The van der Waals surface area contributed by atoms with Gasteiger partial charge in [0.25, 0.3) is 0 Å². The molecule has 0 unspecified atom stereocenters. The van der Waals surface area contributed by atoms with E-state index in [2.05, 4.69) is 13.0 Å². The second-order valence-corrected chi connectivity index (χ2v) is 10.8. The van der Waals surface area contributed by atoms with Crippen molar-refractivity contribution in [2.24, 2.45) is 17.8 Å². The van der Waals surface area contributed by atoms with Gasteiger partial charge in [-0.3, -0.25) is 14.5 Å². The highest BCUT2D eigenvalue weighted by molar-refractivity contribution is 6.58. The number of phenolic OH excluding ortho intramolecular Hbond substituents is 1. The minimum atomic E-state index is -1.68. The number of anilines is 1. The van der Waals surface area contributed by atoms with E-state index in [1.807, 2.05) is 6.92 Å². The van der Waals surface area contributed by atoms with E-state index in [-0.39, 0.29) is 35.0 Å². The summed E-state index contributed by atoms with van der Waals surface area (Å²) in [6.07, 6.45) is 4.86. The van der Waals surface area contributed by atoms with Crippen LogP contribution in [-0.4, -0.2) is 46.8 Å². The number of phenols is 1. The smallest absolute Gasteiger partial charge is 0.488 e. The van der Waals surface area contributed by atoms with E-state index in [1.54, 1.807) is 30.3 Å². The van der Waals surface area contributed by atoms with Gasteiger partial charge in [-0.1, -0.05) is 47.9 Å². The maximum atomic E-state index is 13.6. The molecule has 2 amide bonds. The van der Waals surface area contributed by atoms with Crippen LogP contribution in [0.4, 0.5) is 5.69 Å². The lowest BCUT2D eigenvalue weighted by molar-refractivity contribution is -0.122. The van der Waals surface area contributed by atoms with E-state index in [4.69, 9.17) is 16.3 Å². The number of aromatic hydroxyl groups is 1. The van der Waals surface area contributed by atoms with Gasteiger partial charge in [0.1, 0.15) is 5.75 Å². The molecule has 9 heteroatoms. The standard InChI is InChI=1S/C29H31BClNO6/c1-3-17(12-18-8-9-21(33)14-24(18)31)7-10-25-26-16(2)11-22-27(23(26)15-38-25)29(35)32(28(22)34)20-6-4-5-19(13-20)30(36)37/h4-6,8-9,12-14,22-23,25,27,33,36-37H,3,7,10-11,15H2,1-2H3/b17-12+/t22-,23+,25-,27-/m1/s1. The number of fused-ring (bicyclic) bond motifs is 3. The predicted octanol–water partition coefficient (Wildman–Crippen LogP) is 3.84. The maximum absolute atomic E-state index is 13.6. The molecule has 2 aromatic rings. The van der Waals surface area contributed by atoms with E-state index < -0.39 is 19.0 Å². The van der Waals surface area contributed by atoms with Crippen LogP contribution in [0.15, 0.2) is 59.2 Å². The van der Waals surface area contributed by atoms with Crippen molar-refractivity contribution in [3.8, 4) is 5.75 Å². The van der Waals surface area contributed by atoms with Gasteiger partial charge in [0.15, 0.2) is 0 Å². The third-order valence-electron chi connectivity index (χ3n) is 8.10. The average molecular weight is 536 g/mol. The Balaban J connectivity index is 1.34. The number of carbonyl (C=O) groups excluding carboxylic acids is 2. The van der Waals surface area contributed by atoms with Gasteiger partial charge in [0.2, 0.25) is 11.8 Å². The maximum Gasteiger partial charge on any atom is 0.488 e. The first-order valence-electron chi connectivity index (χ1n) is 13.0. The largest absolute Gasteiger partial charge is 0.508 e. The van der Waals surface area contributed by atoms with Crippen molar-refractivity contribution in [3.05, 3.63) is 69.8 Å². The number of ether oxygens (including phenoxy) is 1. The zero-order valence-corrected chi connectivity index (χ0v) is 22.2. The van der Waals surface area contributed by atoms with Gasteiger partial charge in [0, 0.05) is 5.92 Å². The van der Waals surface area contributed by atoms with Crippen LogP contribution in [0.3, 0.4) is 0 Å². The van der Waals surface area contributed by atoms with Crippen molar-refractivity contribution >= 4 is 47.8 Å². The molecule has 4 atom stereocenters. The molecule has 2 aromatic carbocycles. The lowest BCUT2D eigenvalue weighted by atomic mass is 9.70. The summed E-state index contributed by atoms with van der Waals surface area (Å²) in [7, 11) is -1.68. The predicted molar refractivity (Wildman–Crippen MR) is 147 cm³/mol. The van der Waals surface area contributed by atoms with Gasteiger partial charge >= 0.3 is 7.12 Å². The molecule has 2 fully saturated rings. The zero-order valence-electron chi connectivity index (χ0n) is 21.4. The zero-order chi connectivity index (χ0) is 27.1. The first kappa shape index (κ1) is 26.7. The number of benzene rings is 2. The van der Waals surface area contributed by atoms with E-state index in [0.717, 1.165) is 36.0 Å².